The maximum atomic E-state index is 12.3. The highest BCUT2D eigenvalue weighted by atomic mass is 35.5. The monoisotopic (exact) mass is 335 g/mol. The average Bonchev–Trinajstić information content (AvgIpc) is 3.16. The van der Waals surface area contributed by atoms with E-state index < -0.39 is 0 Å². The molecule has 1 saturated heterocycles. The molecule has 0 unspecified atom stereocenters. The number of rotatable bonds is 4. The van der Waals surface area contributed by atoms with Gasteiger partial charge in [0.1, 0.15) is 5.69 Å². The van der Waals surface area contributed by atoms with E-state index in [2.05, 4.69) is 20.0 Å². The van der Waals surface area contributed by atoms with Gasteiger partial charge in [-0.05, 0) is 18.9 Å². The fourth-order valence-electron chi connectivity index (χ4n) is 2.80. The molecule has 1 amide bonds. The summed E-state index contributed by atoms with van der Waals surface area (Å²) in [5, 5.41) is 4.60. The molecule has 0 bridgehead atoms. The predicted molar refractivity (Wildman–Crippen MR) is 83.3 cm³/mol. The Morgan fingerprint density at radius 2 is 2.13 bits per heavy atom. The first-order chi connectivity index (χ1) is 11.2. The molecule has 4 rings (SSSR count). The van der Waals surface area contributed by atoms with Gasteiger partial charge in [0.2, 0.25) is 5.89 Å². The zero-order valence-electron chi connectivity index (χ0n) is 12.7. The third kappa shape index (κ3) is 3.25. The van der Waals surface area contributed by atoms with Crippen LogP contribution in [0.2, 0.25) is 5.02 Å². The van der Waals surface area contributed by atoms with Gasteiger partial charge in [-0.2, -0.15) is 4.98 Å². The van der Waals surface area contributed by atoms with E-state index in [-0.39, 0.29) is 5.91 Å². The molecule has 1 saturated carbocycles. The highest BCUT2D eigenvalue weighted by Crippen LogP contribution is 2.38. The van der Waals surface area contributed by atoms with Gasteiger partial charge in [-0.25, -0.2) is 0 Å². The summed E-state index contributed by atoms with van der Waals surface area (Å²) in [5.74, 6) is 1.99. The van der Waals surface area contributed by atoms with E-state index in [1.54, 1.807) is 12.3 Å². The van der Waals surface area contributed by atoms with Gasteiger partial charge in [0.15, 0.2) is 5.82 Å². The van der Waals surface area contributed by atoms with Crippen molar-refractivity contribution in [3.8, 4) is 0 Å². The third-order valence-corrected chi connectivity index (χ3v) is 4.53. The number of halogens is 1. The predicted octanol–water partition coefficient (Wildman–Crippen LogP) is 1.89. The highest BCUT2D eigenvalue weighted by molar-refractivity contribution is 6.30. The van der Waals surface area contributed by atoms with Crippen LogP contribution in [0, 0.1) is 0 Å². The molecule has 0 aromatic carbocycles. The van der Waals surface area contributed by atoms with Crippen LogP contribution in [-0.2, 0) is 6.54 Å². The Balaban J connectivity index is 1.30. The fourth-order valence-corrected chi connectivity index (χ4v) is 2.96. The normalized spacial score (nSPS) is 19.3. The van der Waals surface area contributed by atoms with Gasteiger partial charge in [0.25, 0.3) is 5.91 Å². The van der Waals surface area contributed by atoms with E-state index in [0.29, 0.717) is 36.3 Å². The van der Waals surface area contributed by atoms with Gasteiger partial charge in [-0.15, -0.1) is 0 Å². The molecule has 1 N–H and O–H groups in total. The molecule has 2 aromatic heterocycles. The summed E-state index contributed by atoms with van der Waals surface area (Å²) in [6.45, 7) is 3.64. The molecular weight excluding hydrogens is 318 g/mol. The first-order valence-corrected chi connectivity index (χ1v) is 8.25. The number of carbonyl (C=O) groups excluding carboxylic acids is 1. The summed E-state index contributed by atoms with van der Waals surface area (Å²) in [5.41, 5.74) is 0.538. The van der Waals surface area contributed by atoms with E-state index in [9.17, 15) is 4.79 Å². The molecule has 2 fully saturated rings. The van der Waals surface area contributed by atoms with Crippen LogP contribution in [0.3, 0.4) is 0 Å². The molecule has 122 valence electrons. The zero-order valence-corrected chi connectivity index (χ0v) is 13.4. The Bertz CT molecular complexity index is 700. The minimum atomic E-state index is -0.00729. The molecule has 2 aromatic rings. The number of carbonyl (C=O) groups is 1. The Morgan fingerprint density at radius 1 is 1.35 bits per heavy atom. The Labute approximate surface area is 138 Å². The number of aromatic amines is 1. The van der Waals surface area contributed by atoms with Crippen LogP contribution < -0.4 is 0 Å². The average molecular weight is 336 g/mol. The molecule has 3 heterocycles. The molecule has 0 atom stereocenters. The van der Waals surface area contributed by atoms with E-state index >= 15 is 0 Å². The Hall–Kier alpha value is -1.86. The van der Waals surface area contributed by atoms with Crippen LogP contribution in [-0.4, -0.2) is 57.0 Å². The van der Waals surface area contributed by atoms with Crippen molar-refractivity contribution in [2.45, 2.75) is 25.3 Å². The van der Waals surface area contributed by atoms with Crippen molar-refractivity contribution >= 4 is 17.5 Å². The second-order valence-corrected chi connectivity index (χ2v) is 6.56. The van der Waals surface area contributed by atoms with E-state index in [4.69, 9.17) is 16.1 Å². The number of amides is 1. The van der Waals surface area contributed by atoms with Crippen LogP contribution in [0.4, 0.5) is 0 Å². The van der Waals surface area contributed by atoms with Gasteiger partial charge in [-0.3, -0.25) is 9.69 Å². The summed E-state index contributed by atoms with van der Waals surface area (Å²) < 4.78 is 5.28. The minimum absolute atomic E-state index is 0.00729. The summed E-state index contributed by atoms with van der Waals surface area (Å²) in [6.07, 6.45) is 3.94. The van der Waals surface area contributed by atoms with Crippen LogP contribution in [0.5, 0.6) is 0 Å². The van der Waals surface area contributed by atoms with Crippen molar-refractivity contribution in [3.05, 3.63) is 34.7 Å². The van der Waals surface area contributed by atoms with Gasteiger partial charge in [0.05, 0.1) is 11.6 Å². The maximum Gasteiger partial charge on any atom is 0.270 e. The van der Waals surface area contributed by atoms with Crippen LogP contribution in [0.25, 0.3) is 0 Å². The Kier molecular flexibility index (Phi) is 3.82. The molecular formula is C15H18ClN5O2. The van der Waals surface area contributed by atoms with Gasteiger partial charge < -0.3 is 14.4 Å². The van der Waals surface area contributed by atoms with Crippen molar-refractivity contribution in [2.75, 3.05) is 26.2 Å². The quantitative estimate of drug-likeness (QED) is 0.923. The second-order valence-electron chi connectivity index (χ2n) is 6.12. The molecule has 8 heteroatoms. The van der Waals surface area contributed by atoms with Gasteiger partial charge in [0, 0.05) is 38.3 Å². The molecule has 0 spiro atoms. The number of piperazine rings is 1. The molecule has 1 aliphatic carbocycles. The van der Waals surface area contributed by atoms with Gasteiger partial charge >= 0.3 is 0 Å². The number of nitrogens with zero attached hydrogens (tertiary/aromatic N) is 4. The lowest BCUT2D eigenvalue weighted by molar-refractivity contribution is 0.0619. The number of nitrogens with one attached hydrogen (secondary N) is 1. The molecule has 7 nitrogen and oxygen atoms in total. The molecule has 0 radical (unpaired) electrons. The summed E-state index contributed by atoms with van der Waals surface area (Å²) in [6, 6.07) is 1.66. The zero-order chi connectivity index (χ0) is 15.8. The van der Waals surface area contributed by atoms with Crippen molar-refractivity contribution in [1.29, 1.82) is 0 Å². The standard InChI is InChI=1S/C15H18ClN5O2/c16-11-7-12(17-8-11)15(22)21-5-3-20(4-6-21)9-13-18-14(23-19-13)10-1-2-10/h7-8,10,17H,1-6,9H2. The highest BCUT2D eigenvalue weighted by Gasteiger charge is 2.30. The lowest BCUT2D eigenvalue weighted by atomic mass is 10.2. The lowest BCUT2D eigenvalue weighted by Gasteiger charge is -2.33. The minimum Gasteiger partial charge on any atom is -0.356 e. The van der Waals surface area contributed by atoms with E-state index in [0.717, 1.165) is 37.6 Å². The van der Waals surface area contributed by atoms with Crippen molar-refractivity contribution in [3.63, 3.8) is 0 Å². The molecule has 1 aliphatic heterocycles. The van der Waals surface area contributed by atoms with Crippen molar-refractivity contribution in [1.82, 2.24) is 24.9 Å². The lowest BCUT2D eigenvalue weighted by Crippen LogP contribution is -2.48. The van der Waals surface area contributed by atoms with E-state index in [1.165, 1.54) is 0 Å². The summed E-state index contributed by atoms with van der Waals surface area (Å²) in [4.78, 5) is 23.8. The van der Waals surface area contributed by atoms with Crippen LogP contribution >= 0.6 is 11.6 Å². The Morgan fingerprint density at radius 3 is 2.78 bits per heavy atom. The smallest absolute Gasteiger partial charge is 0.270 e. The largest absolute Gasteiger partial charge is 0.356 e. The second kappa shape index (κ2) is 5.98. The fraction of sp³-hybridized carbons (Fsp3) is 0.533. The number of H-pyrrole nitrogens is 1. The van der Waals surface area contributed by atoms with Crippen molar-refractivity contribution in [2.24, 2.45) is 0 Å². The van der Waals surface area contributed by atoms with Gasteiger partial charge in [-0.1, -0.05) is 16.8 Å². The van der Waals surface area contributed by atoms with Crippen LogP contribution in [0.1, 0.15) is 41.0 Å². The topological polar surface area (TPSA) is 78.3 Å². The first kappa shape index (κ1) is 14.7. The number of hydrogen-bond acceptors (Lipinski definition) is 5. The third-order valence-electron chi connectivity index (χ3n) is 4.31. The first-order valence-electron chi connectivity index (χ1n) is 7.87. The maximum absolute atomic E-state index is 12.3. The molecule has 2 aliphatic rings. The van der Waals surface area contributed by atoms with Crippen molar-refractivity contribution < 1.29 is 9.32 Å². The summed E-state index contributed by atoms with van der Waals surface area (Å²) >= 11 is 5.85. The SMILES string of the molecule is O=C(c1cc(Cl)c[nH]1)N1CCN(Cc2noc(C3CC3)n2)CC1. The van der Waals surface area contributed by atoms with E-state index in [1.807, 2.05) is 4.90 Å². The number of aromatic nitrogens is 3. The van der Waals surface area contributed by atoms with Crippen LogP contribution in [0.15, 0.2) is 16.8 Å². The summed E-state index contributed by atoms with van der Waals surface area (Å²) in [7, 11) is 0. The number of hydrogen-bond donors (Lipinski definition) is 1. The molecule has 23 heavy (non-hydrogen) atoms.